The maximum Gasteiger partial charge on any atom is 0.341 e. The molecule has 0 saturated carbocycles. The third-order valence-corrected chi connectivity index (χ3v) is 9.35. The van der Waals surface area contributed by atoms with Crippen LogP contribution in [-0.4, -0.2) is 37.0 Å². The van der Waals surface area contributed by atoms with Gasteiger partial charge >= 0.3 is 11.9 Å². The molecule has 0 aliphatic heterocycles. The summed E-state index contributed by atoms with van der Waals surface area (Å²) in [5, 5.41) is 6.93. The topological polar surface area (TPSA) is 111 Å². The second kappa shape index (κ2) is 14.1. The number of esters is 2. The van der Waals surface area contributed by atoms with Crippen molar-refractivity contribution in [2.75, 3.05) is 23.8 Å². The van der Waals surface area contributed by atoms with Gasteiger partial charge in [0, 0.05) is 22.6 Å². The van der Waals surface area contributed by atoms with Crippen LogP contribution in [0.5, 0.6) is 0 Å². The number of hydrogen-bond donors (Lipinski definition) is 2. The van der Waals surface area contributed by atoms with Gasteiger partial charge in [0.15, 0.2) is 0 Å². The number of fused-ring (bicyclic) bond motifs is 2. The molecule has 0 bridgehead atoms. The van der Waals surface area contributed by atoms with Crippen LogP contribution in [0, 0.1) is 0 Å². The van der Waals surface area contributed by atoms with E-state index in [2.05, 4.69) is 10.6 Å². The van der Waals surface area contributed by atoms with E-state index in [1.165, 1.54) is 22.7 Å². The van der Waals surface area contributed by atoms with E-state index >= 15 is 0 Å². The van der Waals surface area contributed by atoms with Gasteiger partial charge < -0.3 is 20.1 Å². The van der Waals surface area contributed by atoms with Crippen molar-refractivity contribution in [3.05, 3.63) is 32.0 Å². The summed E-state index contributed by atoms with van der Waals surface area (Å²) in [6, 6.07) is 0. The highest BCUT2D eigenvalue weighted by atomic mass is 32.1. The smallest absolute Gasteiger partial charge is 0.341 e. The minimum atomic E-state index is -0.377. The van der Waals surface area contributed by atoms with Gasteiger partial charge in [0.05, 0.1) is 24.3 Å². The molecule has 2 aliphatic rings. The van der Waals surface area contributed by atoms with Crippen molar-refractivity contribution in [3.63, 3.8) is 0 Å². The maximum absolute atomic E-state index is 12.8. The molecule has 0 spiro atoms. The Morgan fingerprint density at radius 3 is 1.49 bits per heavy atom. The van der Waals surface area contributed by atoms with Crippen LogP contribution < -0.4 is 10.6 Å². The fraction of sp³-hybridized carbons (Fsp3) is 0.586. The van der Waals surface area contributed by atoms with E-state index in [4.69, 9.17) is 9.47 Å². The van der Waals surface area contributed by atoms with Crippen LogP contribution in [0.25, 0.3) is 0 Å². The fourth-order valence-electron chi connectivity index (χ4n) is 5.06. The predicted molar refractivity (Wildman–Crippen MR) is 154 cm³/mol. The van der Waals surface area contributed by atoms with Crippen LogP contribution in [0.15, 0.2) is 0 Å². The lowest BCUT2D eigenvalue weighted by molar-refractivity contribution is -0.117. The number of ether oxygens (including phenoxy) is 2. The van der Waals surface area contributed by atoms with Crippen molar-refractivity contribution in [1.29, 1.82) is 0 Å². The first-order valence-electron chi connectivity index (χ1n) is 14.2. The molecule has 39 heavy (non-hydrogen) atoms. The van der Waals surface area contributed by atoms with E-state index in [0.717, 1.165) is 85.1 Å². The van der Waals surface area contributed by atoms with Crippen molar-refractivity contribution >= 4 is 56.4 Å². The summed E-state index contributed by atoms with van der Waals surface area (Å²) in [5.41, 5.74) is 3.01. The molecular weight excluding hydrogens is 536 g/mol. The van der Waals surface area contributed by atoms with E-state index in [1.807, 2.05) is 13.8 Å². The number of thiophene rings is 2. The lowest BCUT2D eigenvalue weighted by atomic mass is 9.95. The average molecular weight is 575 g/mol. The molecule has 10 heteroatoms. The van der Waals surface area contributed by atoms with Gasteiger partial charge in [0.1, 0.15) is 10.0 Å². The Hall–Kier alpha value is -2.72. The van der Waals surface area contributed by atoms with Crippen molar-refractivity contribution in [1.82, 2.24) is 0 Å². The number of amides is 2. The van der Waals surface area contributed by atoms with Crippen molar-refractivity contribution < 1.29 is 28.7 Å². The van der Waals surface area contributed by atoms with Crippen LogP contribution in [0.4, 0.5) is 10.0 Å². The Balaban J connectivity index is 1.35. The predicted octanol–water partition coefficient (Wildman–Crippen LogP) is 6.45. The monoisotopic (exact) mass is 574 g/mol. The molecule has 2 N–H and O–H groups in total. The van der Waals surface area contributed by atoms with Crippen LogP contribution in [0.1, 0.15) is 113 Å². The molecule has 0 unspecified atom stereocenters. The third kappa shape index (κ3) is 7.28. The van der Waals surface area contributed by atoms with Crippen molar-refractivity contribution in [3.8, 4) is 0 Å². The van der Waals surface area contributed by atoms with Gasteiger partial charge in [0.25, 0.3) is 0 Å². The molecule has 4 rings (SSSR count). The maximum atomic E-state index is 12.8. The molecule has 2 amide bonds. The Bertz CT molecular complexity index is 1120. The van der Waals surface area contributed by atoms with Crippen molar-refractivity contribution in [2.45, 2.75) is 97.3 Å². The van der Waals surface area contributed by atoms with Crippen LogP contribution in [0.3, 0.4) is 0 Å². The molecule has 0 saturated heterocycles. The summed E-state index contributed by atoms with van der Waals surface area (Å²) < 4.78 is 10.8. The second-order valence-electron chi connectivity index (χ2n) is 10.1. The van der Waals surface area contributed by atoms with Crippen LogP contribution in [-0.2, 0) is 44.7 Å². The van der Waals surface area contributed by atoms with Gasteiger partial charge in [-0.05, 0) is 81.8 Å². The van der Waals surface area contributed by atoms with Gasteiger partial charge in [-0.25, -0.2) is 9.59 Å². The summed E-state index contributed by atoms with van der Waals surface area (Å²) in [6.07, 6.45) is 9.74. The summed E-state index contributed by atoms with van der Waals surface area (Å²) in [6.45, 7) is 4.58. The van der Waals surface area contributed by atoms with Crippen LogP contribution in [0.2, 0.25) is 0 Å². The highest BCUT2D eigenvalue weighted by Crippen LogP contribution is 2.40. The minimum absolute atomic E-state index is 0.145. The van der Waals surface area contributed by atoms with E-state index in [9.17, 15) is 19.2 Å². The SMILES string of the molecule is CCCOC(=O)c1c(NC(=O)CCCC(=O)Nc2sc3c(c2C(=O)OCCC)CCCC3)sc2c1CCCC2. The quantitative estimate of drug-likeness (QED) is 0.282. The molecule has 0 radical (unpaired) electrons. The van der Waals surface area contributed by atoms with E-state index in [-0.39, 0.29) is 36.6 Å². The van der Waals surface area contributed by atoms with Crippen LogP contribution >= 0.6 is 22.7 Å². The molecule has 212 valence electrons. The number of hydrogen-bond acceptors (Lipinski definition) is 8. The normalized spacial score (nSPS) is 14.2. The number of carbonyl (C=O) groups excluding carboxylic acids is 4. The molecule has 0 atom stereocenters. The number of aryl methyl sites for hydroxylation is 2. The number of rotatable bonds is 12. The fourth-order valence-corrected chi connectivity index (χ4v) is 7.65. The Morgan fingerprint density at radius 2 is 1.08 bits per heavy atom. The zero-order chi connectivity index (χ0) is 27.8. The number of carbonyl (C=O) groups is 4. The lowest BCUT2D eigenvalue weighted by Crippen LogP contribution is -2.18. The molecule has 0 fully saturated rings. The summed E-state index contributed by atoms with van der Waals surface area (Å²) in [5.74, 6) is -1.22. The zero-order valence-corrected chi connectivity index (χ0v) is 24.5. The first-order chi connectivity index (χ1) is 18.9. The molecule has 8 nitrogen and oxygen atoms in total. The zero-order valence-electron chi connectivity index (χ0n) is 22.9. The Kier molecular flexibility index (Phi) is 10.6. The lowest BCUT2D eigenvalue weighted by Gasteiger charge is -2.13. The van der Waals surface area contributed by atoms with E-state index in [1.54, 1.807) is 0 Å². The summed E-state index contributed by atoms with van der Waals surface area (Å²) in [7, 11) is 0. The molecule has 2 heterocycles. The van der Waals surface area contributed by atoms with Gasteiger partial charge in [-0.2, -0.15) is 0 Å². The van der Waals surface area contributed by atoms with Gasteiger partial charge in [-0.15, -0.1) is 22.7 Å². The Labute approximate surface area is 237 Å². The standard InChI is InChI=1S/C29H38N2O6S2/c1-3-16-36-28(34)24-18-10-5-7-12-20(18)38-26(24)30-22(32)14-9-15-23(33)31-27-25(29(35)37-17-4-2)19-11-6-8-13-21(19)39-27/h3-17H2,1-2H3,(H,30,32)(H,31,33). The summed E-state index contributed by atoms with van der Waals surface area (Å²) >= 11 is 2.92. The molecule has 2 aromatic rings. The second-order valence-corrected chi connectivity index (χ2v) is 12.3. The molecule has 0 aromatic carbocycles. The molecule has 2 aromatic heterocycles. The third-order valence-electron chi connectivity index (χ3n) is 6.94. The van der Waals surface area contributed by atoms with Crippen molar-refractivity contribution in [2.24, 2.45) is 0 Å². The van der Waals surface area contributed by atoms with Gasteiger partial charge in [-0.3, -0.25) is 9.59 Å². The highest BCUT2D eigenvalue weighted by molar-refractivity contribution is 7.17. The first-order valence-corrected chi connectivity index (χ1v) is 15.8. The average Bonchev–Trinajstić information content (AvgIpc) is 3.47. The minimum Gasteiger partial charge on any atom is -0.462 e. The first kappa shape index (κ1) is 29.3. The largest absolute Gasteiger partial charge is 0.462 e. The highest BCUT2D eigenvalue weighted by Gasteiger charge is 2.29. The van der Waals surface area contributed by atoms with E-state index < -0.39 is 0 Å². The molecule has 2 aliphatic carbocycles. The summed E-state index contributed by atoms with van der Waals surface area (Å²) in [4.78, 5) is 53.4. The number of anilines is 2. The molecular formula is C29H38N2O6S2. The van der Waals surface area contributed by atoms with Gasteiger partial charge in [-0.1, -0.05) is 13.8 Å². The van der Waals surface area contributed by atoms with Gasteiger partial charge in [0.2, 0.25) is 11.8 Å². The Morgan fingerprint density at radius 1 is 0.667 bits per heavy atom. The van der Waals surface area contributed by atoms with E-state index in [0.29, 0.717) is 40.8 Å². The number of nitrogens with one attached hydrogen (secondary N) is 2.